The fourth-order valence-corrected chi connectivity index (χ4v) is 13.0. The van der Waals surface area contributed by atoms with Gasteiger partial charge in [0.25, 0.3) is 0 Å². The van der Waals surface area contributed by atoms with Crippen LogP contribution in [-0.2, 0) is 10.8 Å². The smallest absolute Gasteiger partial charge is 0.136 e. The molecule has 15 rings (SSSR count). The summed E-state index contributed by atoms with van der Waals surface area (Å²) in [6.45, 7) is 13.8. The van der Waals surface area contributed by atoms with E-state index < -0.39 is 0 Å². The Labute approximate surface area is 509 Å². The summed E-state index contributed by atoms with van der Waals surface area (Å²) in [6.07, 6.45) is 0. The first-order valence-corrected chi connectivity index (χ1v) is 30.4. The quantitative estimate of drug-likeness (QED) is 0.136. The van der Waals surface area contributed by atoms with E-state index in [0.717, 1.165) is 111 Å². The van der Waals surface area contributed by atoms with Gasteiger partial charge in [0.15, 0.2) is 0 Å². The first-order chi connectivity index (χ1) is 42.4. The second-order valence-electron chi connectivity index (χ2n) is 25.4. The summed E-state index contributed by atoms with van der Waals surface area (Å²) in [6, 6.07) is 107. The van der Waals surface area contributed by atoms with Crippen molar-refractivity contribution in [1.82, 2.24) is 0 Å². The molecule has 0 spiro atoms. The number of furan rings is 1. The fourth-order valence-electron chi connectivity index (χ4n) is 13.0. The first-order valence-electron chi connectivity index (χ1n) is 30.4. The van der Waals surface area contributed by atoms with E-state index >= 15 is 0 Å². The highest BCUT2D eigenvalue weighted by Crippen LogP contribution is 2.48. The summed E-state index contributed by atoms with van der Waals surface area (Å²) in [5, 5.41) is 11.6. The highest BCUT2D eigenvalue weighted by atomic mass is 16.3. The van der Waals surface area contributed by atoms with Crippen molar-refractivity contribution in [2.45, 2.75) is 52.4 Å². The Bertz CT molecular complexity index is 4800. The number of nitrogens with zero attached hydrogens (tertiary/aromatic N) is 2. The summed E-state index contributed by atoms with van der Waals surface area (Å²) in [4.78, 5) is 4.92. The van der Waals surface area contributed by atoms with Gasteiger partial charge in [-0.1, -0.05) is 248 Å². The first kappa shape index (κ1) is 53.3. The van der Waals surface area contributed by atoms with Crippen LogP contribution in [0.25, 0.3) is 110 Å². The van der Waals surface area contributed by atoms with Crippen LogP contribution >= 0.6 is 0 Å². The topological polar surface area (TPSA) is 19.6 Å². The maximum Gasteiger partial charge on any atom is 0.136 e. The van der Waals surface area contributed by atoms with E-state index in [4.69, 9.17) is 4.42 Å². The van der Waals surface area contributed by atoms with E-state index in [1.54, 1.807) is 0 Å². The predicted molar refractivity (Wildman–Crippen MR) is 372 cm³/mol. The third-order valence-electron chi connectivity index (χ3n) is 17.7. The van der Waals surface area contributed by atoms with Crippen LogP contribution in [0.2, 0.25) is 0 Å². The van der Waals surface area contributed by atoms with Gasteiger partial charge in [0.1, 0.15) is 11.2 Å². The number of rotatable bonds is 10. The molecule has 0 unspecified atom stereocenters. The lowest BCUT2D eigenvalue weighted by Gasteiger charge is -2.31. The minimum atomic E-state index is -0.0863. The van der Waals surface area contributed by atoms with Gasteiger partial charge in [-0.3, -0.25) is 0 Å². The zero-order valence-corrected chi connectivity index (χ0v) is 50.0. The van der Waals surface area contributed by atoms with Crippen molar-refractivity contribution in [3.63, 3.8) is 0 Å². The van der Waals surface area contributed by atoms with Crippen molar-refractivity contribution in [2.24, 2.45) is 0 Å². The van der Waals surface area contributed by atoms with Gasteiger partial charge in [0, 0.05) is 44.6 Å². The van der Waals surface area contributed by atoms with Gasteiger partial charge in [-0.15, -0.1) is 0 Å². The molecule has 14 aromatic carbocycles. The van der Waals surface area contributed by atoms with Crippen molar-refractivity contribution < 1.29 is 4.42 Å². The molecule has 0 aliphatic rings. The molecule has 3 nitrogen and oxygen atoms in total. The summed E-state index contributed by atoms with van der Waals surface area (Å²) in [5.41, 5.74) is 20.0. The highest BCUT2D eigenvalue weighted by Gasteiger charge is 2.26. The zero-order valence-electron chi connectivity index (χ0n) is 50.0. The molecule has 15 aromatic rings. The van der Waals surface area contributed by atoms with E-state index in [-0.39, 0.29) is 10.8 Å². The minimum absolute atomic E-state index is 0.0863. The molecular formula is C84H66N2O. The van der Waals surface area contributed by atoms with Crippen molar-refractivity contribution in [3.8, 4) is 44.5 Å². The Morgan fingerprint density at radius 2 is 0.621 bits per heavy atom. The Balaban J connectivity index is 0.884. The molecule has 0 aliphatic carbocycles. The normalized spacial score (nSPS) is 12.0. The summed E-state index contributed by atoms with van der Waals surface area (Å²) in [5.74, 6) is 0. The molecule has 0 aliphatic heterocycles. The Morgan fingerprint density at radius 3 is 1.06 bits per heavy atom. The van der Waals surface area contributed by atoms with Gasteiger partial charge in [0.05, 0.1) is 11.4 Å². The van der Waals surface area contributed by atoms with Crippen LogP contribution in [0.5, 0.6) is 0 Å². The van der Waals surface area contributed by atoms with E-state index in [0.29, 0.717) is 0 Å². The summed E-state index contributed by atoms with van der Waals surface area (Å²) >= 11 is 0. The van der Waals surface area contributed by atoms with Crippen molar-refractivity contribution in [2.75, 3.05) is 9.80 Å². The molecule has 0 amide bonds. The molecule has 0 bridgehead atoms. The van der Waals surface area contributed by atoms with E-state index in [9.17, 15) is 0 Å². The molecule has 0 atom stereocenters. The summed E-state index contributed by atoms with van der Waals surface area (Å²) in [7, 11) is 0. The molecule has 0 saturated carbocycles. The molecular weight excluding hydrogens is 1050 g/mol. The van der Waals surface area contributed by atoms with Crippen LogP contribution in [0.3, 0.4) is 0 Å². The lowest BCUT2D eigenvalue weighted by molar-refractivity contribution is 0.590. The number of hydrogen-bond donors (Lipinski definition) is 0. The zero-order chi connectivity index (χ0) is 59.0. The number of hydrogen-bond acceptors (Lipinski definition) is 3. The minimum Gasteiger partial charge on any atom is -0.456 e. The molecule has 0 N–H and O–H groups in total. The summed E-state index contributed by atoms with van der Waals surface area (Å²) < 4.78 is 7.04. The Hall–Kier alpha value is -10.5. The Morgan fingerprint density at radius 1 is 0.241 bits per heavy atom. The molecule has 87 heavy (non-hydrogen) atoms. The molecule has 0 fully saturated rings. The van der Waals surface area contributed by atoms with E-state index in [1.807, 2.05) is 0 Å². The maximum atomic E-state index is 7.04. The second kappa shape index (κ2) is 21.2. The maximum absolute atomic E-state index is 7.04. The molecule has 1 heterocycles. The van der Waals surface area contributed by atoms with Crippen molar-refractivity contribution in [1.29, 1.82) is 0 Å². The predicted octanol–water partition coefficient (Wildman–Crippen LogP) is 24.4. The van der Waals surface area contributed by atoms with Gasteiger partial charge in [0.2, 0.25) is 0 Å². The lowest BCUT2D eigenvalue weighted by atomic mass is 9.85. The molecule has 1 aromatic heterocycles. The van der Waals surface area contributed by atoms with Crippen LogP contribution in [0.1, 0.15) is 52.7 Å². The van der Waals surface area contributed by atoms with Gasteiger partial charge in [-0.2, -0.15) is 0 Å². The molecule has 418 valence electrons. The molecule has 3 heteroatoms. The van der Waals surface area contributed by atoms with Crippen LogP contribution in [0.15, 0.2) is 296 Å². The van der Waals surface area contributed by atoms with Gasteiger partial charge in [-0.25, -0.2) is 0 Å². The Kier molecular flexibility index (Phi) is 13.0. The van der Waals surface area contributed by atoms with E-state index in [2.05, 4.69) is 343 Å². The highest BCUT2D eigenvalue weighted by molar-refractivity contribution is 6.14. The molecule has 0 saturated heterocycles. The van der Waals surface area contributed by atoms with Crippen LogP contribution in [-0.4, -0.2) is 0 Å². The molecule has 0 radical (unpaired) electrons. The van der Waals surface area contributed by atoms with Crippen LogP contribution in [0.4, 0.5) is 34.1 Å². The fraction of sp³-hybridized carbons (Fsp3) is 0.0952. The van der Waals surface area contributed by atoms with Crippen molar-refractivity contribution >= 4 is 99.2 Å². The average Bonchev–Trinajstić information content (AvgIpc) is 1.96. The van der Waals surface area contributed by atoms with Crippen molar-refractivity contribution in [3.05, 3.63) is 302 Å². The average molecular weight is 1120 g/mol. The monoisotopic (exact) mass is 1120 g/mol. The standard InChI is InChI=1S/C84H66N2O/c1-83(2,3)65-39-43-75(57-21-9-7-10-22-57)79(53-65)85(67-31-17-29-61(45-67)73-35-19-27-55-25-13-15-33-71(55)73)69-41-37-59-49-77-78-50-60-38-42-70(48-64(60)52-82(78)87-81(77)51-63(59)47-69)86(80-54-66(84(4,5)6)40-44-76(80)58-23-11-8-12-24-58)68-32-18-30-62(46-68)74-36-20-28-56-26-14-16-34-72(56)74/h7-54H,1-6H3. The third kappa shape index (κ3) is 9.86. The number of benzene rings is 14. The van der Waals surface area contributed by atoms with Crippen LogP contribution < -0.4 is 9.80 Å². The number of anilines is 6. The SMILES string of the molecule is CC(C)(C)c1ccc(-c2ccccc2)c(N(c2cccc(-c3cccc4ccccc34)c2)c2ccc3cc4c(cc3c2)oc2cc3cc(N(c5cccc(-c6cccc7ccccc67)c5)c5cc(C(C)(C)C)ccc5-c5ccccc5)ccc3cc24)c1. The van der Waals surface area contributed by atoms with Gasteiger partial charge in [-0.05, 0) is 183 Å². The second-order valence-corrected chi connectivity index (χ2v) is 25.4. The van der Waals surface area contributed by atoms with Crippen LogP contribution in [0, 0.1) is 0 Å². The third-order valence-corrected chi connectivity index (χ3v) is 17.7. The van der Waals surface area contributed by atoms with Gasteiger partial charge >= 0.3 is 0 Å². The largest absolute Gasteiger partial charge is 0.456 e. The lowest BCUT2D eigenvalue weighted by Crippen LogP contribution is -2.15. The number of fused-ring (bicyclic) bond motifs is 7. The van der Waals surface area contributed by atoms with E-state index in [1.165, 1.54) is 43.8 Å². The van der Waals surface area contributed by atoms with Gasteiger partial charge < -0.3 is 14.2 Å².